The van der Waals surface area contributed by atoms with Crippen molar-refractivity contribution in [2.24, 2.45) is 0 Å². The minimum atomic E-state index is -0.966. The van der Waals surface area contributed by atoms with Crippen LogP contribution in [0.4, 0.5) is 0 Å². The van der Waals surface area contributed by atoms with Gasteiger partial charge in [-0.05, 0) is 24.1 Å². The number of aliphatic hydroxyl groups is 1. The average Bonchev–Trinajstić information content (AvgIpc) is 2.36. The van der Waals surface area contributed by atoms with Crippen molar-refractivity contribution in [2.45, 2.75) is 25.5 Å². The zero-order valence-electron chi connectivity index (χ0n) is 10.8. The van der Waals surface area contributed by atoms with Crippen molar-refractivity contribution in [3.8, 4) is 0 Å². The lowest BCUT2D eigenvalue weighted by atomic mass is 9.98. The van der Waals surface area contributed by atoms with Gasteiger partial charge in [-0.3, -0.25) is 4.79 Å². The van der Waals surface area contributed by atoms with Gasteiger partial charge in [0.2, 0.25) is 0 Å². The number of aryl methyl sites for hydroxylation is 1. The summed E-state index contributed by atoms with van der Waals surface area (Å²) in [6.07, 6.45) is 0.540. The van der Waals surface area contributed by atoms with E-state index < -0.39 is 18.1 Å². The molecule has 0 aliphatic heterocycles. The van der Waals surface area contributed by atoms with Crippen LogP contribution < -0.4 is 5.32 Å². The van der Waals surface area contributed by atoms with Crippen LogP contribution in [0.3, 0.4) is 0 Å². The summed E-state index contributed by atoms with van der Waals surface area (Å²) in [5, 5.41) is 22.7. The number of aliphatic hydroxyl groups excluding tert-OH is 1. The summed E-state index contributed by atoms with van der Waals surface area (Å²) in [4.78, 5) is 10.8. The monoisotopic (exact) mass is 283 g/mol. The van der Waals surface area contributed by atoms with Gasteiger partial charge in [0.1, 0.15) is 0 Å². The first kappa shape index (κ1) is 15.7. The molecule has 0 aliphatic carbocycles. The summed E-state index contributed by atoms with van der Waals surface area (Å²) < 4.78 is 0. The van der Waals surface area contributed by atoms with Gasteiger partial charge >= 0.3 is 5.97 Å². The van der Waals surface area contributed by atoms with Crippen molar-refractivity contribution in [1.82, 2.24) is 5.32 Å². The molecule has 0 amide bonds. The van der Waals surface area contributed by atoms with Crippen molar-refractivity contribution < 1.29 is 15.0 Å². The van der Waals surface area contributed by atoms with Crippen molar-refractivity contribution in [2.75, 3.05) is 6.54 Å². The van der Waals surface area contributed by atoms with Gasteiger partial charge in [-0.15, -0.1) is 6.58 Å². The van der Waals surface area contributed by atoms with Crippen LogP contribution in [0.1, 0.15) is 23.7 Å². The number of carboxylic acids is 1. The predicted octanol–water partition coefficient (Wildman–Crippen LogP) is 2.30. The highest BCUT2D eigenvalue weighted by atomic mass is 35.5. The van der Waals surface area contributed by atoms with E-state index in [2.05, 4.69) is 11.9 Å². The van der Waals surface area contributed by atoms with Crippen molar-refractivity contribution in [1.29, 1.82) is 0 Å². The second-order valence-corrected chi connectivity index (χ2v) is 4.76. The molecular weight excluding hydrogens is 266 g/mol. The maximum Gasteiger partial charge on any atom is 0.305 e. The Morgan fingerprint density at radius 3 is 2.79 bits per heavy atom. The van der Waals surface area contributed by atoms with Gasteiger partial charge in [-0.1, -0.05) is 29.8 Å². The van der Waals surface area contributed by atoms with E-state index in [-0.39, 0.29) is 6.42 Å². The van der Waals surface area contributed by atoms with Gasteiger partial charge in [0.25, 0.3) is 0 Å². The Labute approximate surface area is 117 Å². The van der Waals surface area contributed by atoms with Gasteiger partial charge < -0.3 is 15.5 Å². The number of rotatable bonds is 7. The lowest BCUT2D eigenvalue weighted by molar-refractivity contribution is -0.138. The molecule has 0 aromatic heterocycles. The first-order chi connectivity index (χ1) is 8.95. The van der Waals surface area contributed by atoms with Gasteiger partial charge in [-0.25, -0.2) is 0 Å². The molecule has 1 aromatic rings. The van der Waals surface area contributed by atoms with E-state index in [0.29, 0.717) is 17.1 Å². The van der Waals surface area contributed by atoms with E-state index >= 15 is 0 Å². The van der Waals surface area contributed by atoms with Crippen LogP contribution in [0.25, 0.3) is 0 Å². The number of hydrogen-bond acceptors (Lipinski definition) is 3. The number of benzene rings is 1. The summed E-state index contributed by atoms with van der Waals surface area (Å²) >= 11 is 5.93. The fraction of sp³-hybridized carbons (Fsp3) is 0.357. The molecule has 0 radical (unpaired) electrons. The van der Waals surface area contributed by atoms with Crippen LogP contribution in [0.2, 0.25) is 5.02 Å². The molecule has 0 saturated heterocycles. The third-order valence-corrected chi connectivity index (χ3v) is 3.25. The minimum Gasteiger partial charge on any atom is -0.481 e. The largest absolute Gasteiger partial charge is 0.481 e. The molecule has 2 unspecified atom stereocenters. The third kappa shape index (κ3) is 4.67. The number of nitrogens with one attached hydrogen (secondary N) is 1. The first-order valence-corrected chi connectivity index (χ1v) is 6.33. The lowest BCUT2D eigenvalue weighted by Gasteiger charge is -2.23. The molecule has 0 fully saturated rings. The van der Waals surface area contributed by atoms with E-state index in [0.717, 1.165) is 5.56 Å². The van der Waals surface area contributed by atoms with E-state index in [1.54, 1.807) is 24.3 Å². The zero-order chi connectivity index (χ0) is 14.4. The maximum absolute atomic E-state index is 10.8. The molecule has 0 heterocycles. The van der Waals surface area contributed by atoms with Gasteiger partial charge in [0.05, 0.1) is 12.5 Å². The van der Waals surface area contributed by atoms with Gasteiger partial charge in [-0.2, -0.15) is 0 Å². The molecule has 3 N–H and O–H groups in total. The van der Waals surface area contributed by atoms with Gasteiger partial charge in [0, 0.05) is 17.6 Å². The standard InChI is InChI=1S/C14H18ClNO3/c1-3-6-16-12(8-13(17)18)14(19)10-4-5-11(15)9(2)7-10/h3-5,7,12,14,16,19H,1,6,8H2,2H3,(H,17,18). The molecule has 1 aromatic carbocycles. The lowest BCUT2D eigenvalue weighted by Crippen LogP contribution is -2.37. The number of halogens is 1. The van der Waals surface area contributed by atoms with Crippen molar-refractivity contribution in [3.63, 3.8) is 0 Å². The second kappa shape index (κ2) is 7.28. The highest BCUT2D eigenvalue weighted by Crippen LogP contribution is 2.24. The van der Waals surface area contributed by atoms with Crippen molar-refractivity contribution >= 4 is 17.6 Å². The third-order valence-electron chi connectivity index (χ3n) is 2.82. The summed E-state index contributed by atoms with van der Waals surface area (Å²) in [5.41, 5.74) is 1.49. The van der Waals surface area contributed by atoms with Crippen LogP contribution in [0.15, 0.2) is 30.9 Å². The SMILES string of the molecule is C=CCNC(CC(=O)O)C(O)c1ccc(Cl)c(C)c1. The molecule has 5 heteroatoms. The Morgan fingerprint density at radius 1 is 1.58 bits per heavy atom. The van der Waals surface area contributed by atoms with Crippen LogP contribution in [0.5, 0.6) is 0 Å². The molecule has 0 bridgehead atoms. The van der Waals surface area contributed by atoms with E-state index in [1.165, 1.54) is 0 Å². The summed E-state index contributed by atoms with van der Waals surface area (Å²) in [7, 11) is 0. The van der Waals surface area contributed by atoms with Crippen LogP contribution in [-0.4, -0.2) is 28.8 Å². The molecule has 0 spiro atoms. The average molecular weight is 284 g/mol. The van der Waals surface area contributed by atoms with Crippen LogP contribution in [-0.2, 0) is 4.79 Å². The molecule has 0 saturated carbocycles. The molecule has 0 aliphatic rings. The van der Waals surface area contributed by atoms with E-state index in [1.807, 2.05) is 6.92 Å². The fourth-order valence-corrected chi connectivity index (χ4v) is 1.92. The minimum absolute atomic E-state index is 0.170. The molecule has 19 heavy (non-hydrogen) atoms. The Kier molecular flexibility index (Phi) is 6.02. The van der Waals surface area contributed by atoms with E-state index in [9.17, 15) is 9.90 Å². The number of aliphatic carboxylic acids is 1. The van der Waals surface area contributed by atoms with Gasteiger partial charge in [0.15, 0.2) is 0 Å². The smallest absolute Gasteiger partial charge is 0.305 e. The second-order valence-electron chi connectivity index (χ2n) is 4.35. The molecule has 4 nitrogen and oxygen atoms in total. The molecule has 104 valence electrons. The normalized spacial score (nSPS) is 13.8. The summed E-state index contributed by atoms with van der Waals surface area (Å²) in [5.74, 6) is -0.966. The van der Waals surface area contributed by atoms with E-state index in [4.69, 9.17) is 16.7 Å². The Balaban J connectivity index is 2.89. The van der Waals surface area contributed by atoms with Crippen LogP contribution >= 0.6 is 11.6 Å². The Bertz CT molecular complexity index is 462. The fourth-order valence-electron chi connectivity index (χ4n) is 1.80. The highest BCUT2D eigenvalue weighted by Gasteiger charge is 2.23. The summed E-state index contributed by atoms with van der Waals surface area (Å²) in [6.45, 7) is 5.83. The highest BCUT2D eigenvalue weighted by molar-refractivity contribution is 6.31. The molecular formula is C14H18ClNO3. The van der Waals surface area contributed by atoms with Crippen molar-refractivity contribution in [3.05, 3.63) is 47.0 Å². The number of carboxylic acid groups (broad SMARTS) is 1. The maximum atomic E-state index is 10.8. The first-order valence-electron chi connectivity index (χ1n) is 5.96. The predicted molar refractivity (Wildman–Crippen MR) is 75.4 cm³/mol. The topological polar surface area (TPSA) is 69.6 Å². The summed E-state index contributed by atoms with van der Waals surface area (Å²) in [6, 6.07) is 4.58. The Morgan fingerprint density at radius 2 is 2.26 bits per heavy atom. The Hall–Kier alpha value is -1.36. The zero-order valence-corrected chi connectivity index (χ0v) is 11.5. The molecule has 2 atom stereocenters. The van der Waals surface area contributed by atoms with Crippen LogP contribution in [0, 0.1) is 6.92 Å². The number of hydrogen-bond donors (Lipinski definition) is 3. The number of carbonyl (C=O) groups is 1. The molecule has 1 rings (SSSR count). The quantitative estimate of drug-likeness (QED) is 0.672.